The monoisotopic (exact) mass is 301 g/mol. The van der Waals surface area contributed by atoms with E-state index in [1.54, 1.807) is 0 Å². The maximum atomic E-state index is 11.8. The first-order chi connectivity index (χ1) is 9.58. The molecule has 6 nitrogen and oxygen atoms in total. The summed E-state index contributed by atoms with van der Waals surface area (Å²) >= 11 is 6.32. The van der Waals surface area contributed by atoms with Gasteiger partial charge in [0.05, 0.1) is 36.7 Å². The van der Waals surface area contributed by atoms with Crippen molar-refractivity contribution in [2.45, 2.75) is 33.0 Å². The molecule has 0 bridgehead atoms. The summed E-state index contributed by atoms with van der Waals surface area (Å²) in [4.78, 5) is 13.8. The van der Waals surface area contributed by atoms with Gasteiger partial charge in [0.1, 0.15) is 6.04 Å². The number of esters is 1. The smallest absolute Gasteiger partial charge is 0.325 e. The van der Waals surface area contributed by atoms with Crippen LogP contribution in [-0.2, 0) is 27.4 Å². The van der Waals surface area contributed by atoms with Crippen molar-refractivity contribution in [1.29, 1.82) is 0 Å². The molecule has 1 saturated heterocycles. The molecule has 2 rings (SSSR count). The number of halogens is 1. The van der Waals surface area contributed by atoms with Crippen LogP contribution in [-0.4, -0.2) is 53.6 Å². The molecule has 1 fully saturated rings. The highest BCUT2D eigenvalue weighted by molar-refractivity contribution is 6.31. The van der Waals surface area contributed by atoms with Crippen LogP contribution in [0.5, 0.6) is 0 Å². The average Bonchev–Trinajstić information content (AvgIpc) is 2.74. The molecule has 2 heterocycles. The van der Waals surface area contributed by atoms with E-state index in [-0.39, 0.29) is 12.0 Å². The lowest BCUT2D eigenvalue weighted by Gasteiger charge is -2.33. The standard InChI is InChI=1S/C13H20ClN3O3/c1-4-17-10(12(14)9(2)15-17)7-16-5-6-20-8-11(16)13(18)19-3/h11H,4-8H2,1-3H3. The van der Waals surface area contributed by atoms with E-state index in [9.17, 15) is 4.79 Å². The number of nitrogens with zero attached hydrogens (tertiary/aromatic N) is 3. The van der Waals surface area contributed by atoms with Crippen LogP contribution in [0.1, 0.15) is 18.3 Å². The Bertz CT molecular complexity index is 489. The summed E-state index contributed by atoms with van der Waals surface area (Å²) < 4.78 is 12.1. The highest BCUT2D eigenvalue weighted by atomic mass is 35.5. The van der Waals surface area contributed by atoms with Crippen molar-refractivity contribution in [2.75, 3.05) is 26.9 Å². The van der Waals surface area contributed by atoms with E-state index in [0.29, 0.717) is 31.3 Å². The zero-order valence-electron chi connectivity index (χ0n) is 12.1. The van der Waals surface area contributed by atoms with Crippen LogP contribution < -0.4 is 0 Å². The predicted molar refractivity (Wildman–Crippen MR) is 74.7 cm³/mol. The lowest BCUT2D eigenvalue weighted by Crippen LogP contribution is -2.50. The number of ether oxygens (including phenoxy) is 2. The number of hydrogen-bond donors (Lipinski definition) is 0. The molecule has 0 spiro atoms. The van der Waals surface area contributed by atoms with Gasteiger partial charge in [0.25, 0.3) is 0 Å². The van der Waals surface area contributed by atoms with Gasteiger partial charge >= 0.3 is 5.97 Å². The molecule has 1 aromatic heterocycles. The highest BCUT2D eigenvalue weighted by Crippen LogP contribution is 2.23. The van der Waals surface area contributed by atoms with Gasteiger partial charge in [-0.2, -0.15) is 5.10 Å². The third kappa shape index (κ3) is 2.97. The third-order valence-corrected chi connectivity index (χ3v) is 4.01. The molecular formula is C13H20ClN3O3. The minimum absolute atomic E-state index is 0.278. The van der Waals surface area contributed by atoms with E-state index in [0.717, 1.165) is 17.9 Å². The van der Waals surface area contributed by atoms with Gasteiger partial charge in [-0.15, -0.1) is 0 Å². The summed E-state index contributed by atoms with van der Waals surface area (Å²) in [6.07, 6.45) is 0. The van der Waals surface area contributed by atoms with Gasteiger partial charge in [-0.1, -0.05) is 11.6 Å². The van der Waals surface area contributed by atoms with E-state index < -0.39 is 0 Å². The van der Waals surface area contributed by atoms with Gasteiger partial charge in [0.2, 0.25) is 0 Å². The van der Waals surface area contributed by atoms with Crippen molar-refractivity contribution in [3.05, 3.63) is 16.4 Å². The van der Waals surface area contributed by atoms with Crippen LogP contribution in [0.3, 0.4) is 0 Å². The number of aromatic nitrogens is 2. The van der Waals surface area contributed by atoms with Gasteiger partial charge in [-0.25, -0.2) is 0 Å². The van der Waals surface area contributed by atoms with Crippen molar-refractivity contribution in [3.8, 4) is 0 Å². The Morgan fingerprint density at radius 2 is 2.35 bits per heavy atom. The second kappa shape index (κ2) is 6.56. The second-order valence-electron chi connectivity index (χ2n) is 4.75. The first-order valence-corrected chi connectivity index (χ1v) is 7.07. The molecule has 1 unspecified atom stereocenters. The first kappa shape index (κ1) is 15.3. The molecule has 1 aliphatic rings. The second-order valence-corrected chi connectivity index (χ2v) is 5.12. The summed E-state index contributed by atoms with van der Waals surface area (Å²) in [5.74, 6) is -0.278. The van der Waals surface area contributed by atoms with Gasteiger partial charge in [0, 0.05) is 19.6 Å². The van der Waals surface area contributed by atoms with Gasteiger partial charge in [-0.3, -0.25) is 14.4 Å². The van der Waals surface area contributed by atoms with Crippen molar-refractivity contribution in [3.63, 3.8) is 0 Å². The third-order valence-electron chi connectivity index (χ3n) is 3.52. The average molecular weight is 302 g/mol. The van der Waals surface area contributed by atoms with Crippen LogP contribution in [0.15, 0.2) is 0 Å². The summed E-state index contributed by atoms with van der Waals surface area (Å²) in [7, 11) is 1.39. The maximum absolute atomic E-state index is 11.8. The first-order valence-electron chi connectivity index (χ1n) is 6.69. The molecule has 1 atom stereocenters. The Morgan fingerprint density at radius 1 is 1.60 bits per heavy atom. The molecule has 0 N–H and O–H groups in total. The Morgan fingerprint density at radius 3 is 3.00 bits per heavy atom. The quantitative estimate of drug-likeness (QED) is 0.783. The number of morpholine rings is 1. The molecule has 1 aromatic rings. The topological polar surface area (TPSA) is 56.6 Å². The van der Waals surface area contributed by atoms with E-state index in [1.807, 2.05) is 23.4 Å². The largest absolute Gasteiger partial charge is 0.468 e. The van der Waals surface area contributed by atoms with Crippen molar-refractivity contribution < 1.29 is 14.3 Å². The Hall–Kier alpha value is -1.11. The van der Waals surface area contributed by atoms with E-state index in [1.165, 1.54) is 7.11 Å². The summed E-state index contributed by atoms with van der Waals surface area (Å²) in [5, 5.41) is 5.06. The van der Waals surface area contributed by atoms with Crippen LogP contribution in [0.4, 0.5) is 0 Å². The molecule has 0 aliphatic carbocycles. The van der Waals surface area contributed by atoms with Gasteiger partial charge in [-0.05, 0) is 13.8 Å². The van der Waals surface area contributed by atoms with Gasteiger partial charge < -0.3 is 9.47 Å². The fourth-order valence-corrected chi connectivity index (χ4v) is 2.59. The Labute approximate surface area is 123 Å². The van der Waals surface area contributed by atoms with E-state index >= 15 is 0 Å². The summed E-state index contributed by atoms with van der Waals surface area (Å²) in [5.41, 5.74) is 1.74. The van der Waals surface area contributed by atoms with Crippen molar-refractivity contribution in [2.24, 2.45) is 0 Å². The fraction of sp³-hybridized carbons (Fsp3) is 0.692. The molecule has 0 amide bonds. The van der Waals surface area contributed by atoms with Crippen molar-refractivity contribution in [1.82, 2.24) is 14.7 Å². The molecule has 0 saturated carbocycles. The Balaban J connectivity index is 2.20. The van der Waals surface area contributed by atoms with Crippen LogP contribution in [0.2, 0.25) is 5.02 Å². The minimum Gasteiger partial charge on any atom is -0.468 e. The zero-order chi connectivity index (χ0) is 14.7. The number of rotatable bonds is 4. The maximum Gasteiger partial charge on any atom is 0.325 e. The van der Waals surface area contributed by atoms with Crippen LogP contribution >= 0.6 is 11.6 Å². The number of carbonyl (C=O) groups is 1. The number of hydrogen-bond acceptors (Lipinski definition) is 5. The SMILES string of the molecule is CCn1nc(C)c(Cl)c1CN1CCOCC1C(=O)OC. The lowest BCUT2D eigenvalue weighted by molar-refractivity contribution is -0.153. The number of carbonyl (C=O) groups excluding carboxylic acids is 1. The highest BCUT2D eigenvalue weighted by Gasteiger charge is 2.31. The molecular weight excluding hydrogens is 282 g/mol. The molecule has 1 aliphatic heterocycles. The number of aryl methyl sites for hydroxylation is 2. The normalized spacial score (nSPS) is 20.1. The summed E-state index contributed by atoms with van der Waals surface area (Å²) in [6.45, 7) is 6.84. The lowest BCUT2D eigenvalue weighted by atomic mass is 10.2. The molecule has 0 aromatic carbocycles. The molecule has 7 heteroatoms. The molecule has 0 radical (unpaired) electrons. The van der Waals surface area contributed by atoms with Gasteiger partial charge in [0.15, 0.2) is 0 Å². The van der Waals surface area contributed by atoms with Crippen LogP contribution in [0, 0.1) is 6.92 Å². The van der Waals surface area contributed by atoms with E-state index in [4.69, 9.17) is 21.1 Å². The van der Waals surface area contributed by atoms with Crippen molar-refractivity contribution >= 4 is 17.6 Å². The fourth-order valence-electron chi connectivity index (χ4n) is 2.39. The predicted octanol–water partition coefficient (Wildman–Crippen LogP) is 1.24. The molecule has 112 valence electrons. The van der Waals surface area contributed by atoms with Crippen LogP contribution in [0.25, 0.3) is 0 Å². The molecule has 20 heavy (non-hydrogen) atoms. The Kier molecular flexibility index (Phi) is 5.01. The minimum atomic E-state index is -0.384. The zero-order valence-corrected chi connectivity index (χ0v) is 12.8. The van der Waals surface area contributed by atoms with E-state index in [2.05, 4.69) is 5.10 Å². The number of methoxy groups -OCH3 is 1. The summed E-state index contributed by atoms with van der Waals surface area (Å²) in [6, 6.07) is -0.384.